The summed E-state index contributed by atoms with van der Waals surface area (Å²) >= 11 is 0. The molecular weight excluding hydrogens is 257 g/mol. The fourth-order valence-electron chi connectivity index (χ4n) is 2.22. The number of hydrogen-bond acceptors (Lipinski definition) is 2. The van der Waals surface area contributed by atoms with Crippen molar-refractivity contribution in [2.75, 3.05) is 0 Å². The molecule has 4 heteroatoms. The first-order chi connectivity index (χ1) is 9.45. The molecule has 0 amide bonds. The first-order valence-corrected chi connectivity index (χ1v) is 7.20. The van der Waals surface area contributed by atoms with Crippen LogP contribution < -0.4 is 5.32 Å². The molecule has 1 aromatic rings. The zero-order valence-electron chi connectivity index (χ0n) is 12.4. The zero-order chi connectivity index (χ0) is 15.1. The van der Waals surface area contributed by atoms with E-state index in [2.05, 4.69) is 12.2 Å². The Balaban J connectivity index is 2.88. The minimum atomic E-state index is -0.844. The van der Waals surface area contributed by atoms with Gasteiger partial charge < -0.3 is 5.11 Å². The summed E-state index contributed by atoms with van der Waals surface area (Å²) in [4.78, 5) is 11.3. The van der Waals surface area contributed by atoms with Gasteiger partial charge in [0.25, 0.3) is 0 Å². The lowest BCUT2D eigenvalue weighted by Gasteiger charge is -2.26. The summed E-state index contributed by atoms with van der Waals surface area (Å²) in [6.45, 7) is 5.86. The van der Waals surface area contributed by atoms with Crippen LogP contribution in [0.2, 0.25) is 0 Å². The molecular formula is C16H24FNO2. The predicted molar refractivity (Wildman–Crippen MR) is 78.1 cm³/mol. The van der Waals surface area contributed by atoms with Crippen molar-refractivity contribution in [3.63, 3.8) is 0 Å². The fraction of sp³-hybridized carbons (Fsp3) is 0.562. The van der Waals surface area contributed by atoms with Gasteiger partial charge in [0.05, 0.1) is 0 Å². The van der Waals surface area contributed by atoms with E-state index in [-0.39, 0.29) is 17.8 Å². The van der Waals surface area contributed by atoms with Gasteiger partial charge in [-0.05, 0) is 30.0 Å². The van der Waals surface area contributed by atoms with Gasteiger partial charge in [0.15, 0.2) is 0 Å². The first-order valence-electron chi connectivity index (χ1n) is 7.20. The van der Waals surface area contributed by atoms with Crippen molar-refractivity contribution in [3.8, 4) is 0 Å². The second-order valence-corrected chi connectivity index (χ2v) is 5.47. The first kappa shape index (κ1) is 16.6. The molecule has 20 heavy (non-hydrogen) atoms. The molecule has 0 saturated carbocycles. The Kier molecular flexibility index (Phi) is 6.65. The monoisotopic (exact) mass is 281 g/mol. The molecule has 2 atom stereocenters. The van der Waals surface area contributed by atoms with E-state index in [1.807, 2.05) is 13.8 Å². The molecule has 3 nitrogen and oxygen atoms in total. The number of aliphatic carboxylic acids is 1. The highest BCUT2D eigenvalue weighted by Gasteiger charge is 2.25. The topological polar surface area (TPSA) is 49.3 Å². The van der Waals surface area contributed by atoms with Crippen molar-refractivity contribution in [2.45, 2.75) is 52.1 Å². The van der Waals surface area contributed by atoms with Crippen LogP contribution in [0.4, 0.5) is 4.39 Å². The number of carboxylic acid groups (broad SMARTS) is 1. The standard InChI is InChI=1S/C16H24FNO2/c1-4-5-6-14(12-7-9-13(17)10-8-12)18-15(11(2)3)16(19)20/h7-11,14-15,18H,4-6H2,1-3H3,(H,19,20). The summed E-state index contributed by atoms with van der Waals surface area (Å²) in [6.07, 6.45) is 2.89. The third kappa shape index (κ3) is 4.93. The summed E-state index contributed by atoms with van der Waals surface area (Å²) < 4.78 is 13.0. The molecule has 0 saturated heterocycles. The van der Waals surface area contributed by atoms with E-state index in [9.17, 15) is 14.3 Å². The Morgan fingerprint density at radius 3 is 2.35 bits per heavy atom. The van der Waals surface area contributed by atoms with E-state index in [1.165, 1.54) is 12.1 Å². The maximum Gasteiger partial charge on any atom is 0.320 e. The van der Waals surface area contributed by atoms with E-state index in [0.717, 1.165) is 24.8 Å². The van der Waals surface area contributed by atoms with Crippen molar-refractivity contribution in [1.82, 2.24) is 5.32 Å². The summed E-state index contributed by atoms with van der Waals surface area (Å²) in [5.74, 6) is -1.12. The van der Waals surface area contributed by atoms with Crippen LogP contribution in [0.5, 0.6) is 0 Å². The van der Waals surface area contributed by atoms with Gasteiger partial charge in [0, 0.05) is 6.04 Å². The number of carbonyl (C=O) groups is 1. The Hall–Kier alpha value is -1.42. The average molecular weight is 281 g/mol. The largest absolute Gasteiger partial charge is 0.480 e. The quantitative estimate of drug-likeness (QED) is 0.763. The van der Waals surface area contributed by atoms with Crippen molar-refractivity contribution in [3.05, 3.63) is 35.6 Å². The molecule has 0 spiro atoms. The van der Waals surface area contributed by atoms with E-state index >= 15 is 0 Å². The second-order valence-electron chi connectivity index (χ2n) is 5.47. The molecule has 0 fully saturated rings. The fourth-order valence-corrected chi connectivity index (χ4v) is 2.22. The molecule has 2 N–H and O–H groups in total. The van der Waals surface area contributed by atoms with E-state index in [0.29, 0.717) is 0 Å². The number of rotatable bonds is 8. The molecule has 0 aliphatic carbocycles. The third-order valence-corrected chi connectivity index (χ3v) is 3.43. The van der Waals surface area contributed by atoms with E-state index < -0.39 is 12.0 Å². The van der Waals surface area contributed by atoms with Crippen LogP contribution in [0.15, 0.2) is 24.3 Å². The number of hydrogen-bond donors (Lipinski definition) is 2. The maximum atomic E-state index is 13.0. The average Bonchev–Trinajstić information content (AvgIpc) is 2.39. The van der Waals surface area contributed by atoms with Crippen LogP contribution in [-0.2, 0) is 4.79 Å². The number of carboxylic acids is 1. The number of nitrogens with one attached hydrogen (secondary N) is 1. The Morgan fingerprint density at radius 2 is 1.90 bits per heavy atom. The predicted octanol–water partition coefficient (Wildman–Crippen LogP) is 3.76. The molecule has 0 bridgehead atoms. The van der Waals surface area contributed by atoms with E-state index in [1.54, 1.807) is 12.1 Å². The van der Waals surface area contributed by atoms with Crippen LogP contribution in [0.1, 0.15) is 51.6 Å². The smallest absolute Gasteiger partial charge is 0.320 e. The van der Waals surface area contributed by atoms with Crippen molar-refractivity contribution < 1.29 is 14.3 Å². The lowest BCUT2D eigenvalue weighted by Crippen LogP contribution is -2.43. The van der Waals surface area contributed by atoms with Gasteiger partial charge in [-0.3, -0.25) is 10.1 Å². The van der Waals surface area contributed by atoms with Gasteiger partial charge in [-0.2, -0.15) is 0 Å². The summed E-state index contributed by atoms with van der Waals surface area (Å²) in [5.41, 5.74) is 0.937. The summed E-state index contributed by atoms with van der Waals surface area (Å²) in [6, 6.07) is 5.63. The molecule has 0 aliphatic rings. The molecule has 112 valence electrons. The normalized spacial score (nSPS) is 14.2. The molecule has 0 aromatic heterocycles. The van der Waals surface area contributed by atoms with Gasteiger partial charge in [0.1, 0.15) is 11.9 Å². The maximum absolute atomic E-state index is 13.0. The van der Waals surface area contributed by atoms with Gasteiger partial charge in [0.2, 0.25) is 0 Å². The molecule has 1 aromatic carbocycles. The molecule has 1 rings (SSSR count). The van der Waals surface area contributed by atoms with Crippen LogP contribution in [0, 0.1) is 11.7 Å². The van der Waals surface area contributed by atoms with Crippen LogP contribution >= 0.6 is 0 Å². The molecule has 0 aliphatic heterocycles. The lowest BCUT2D eigenvalue weighted by atomic mass is 9.97. The molecule has 2 unspecified atom stereocenters. The zero-order valence-corrected chi connectivity index (χ0v) is 12.4. The third-order valence-electron chi connectivity index (χ3n) is 3.43. The Morgan fingerprint density at radius 1 is 1.30 bits per heavy atom. The summed E-state index contributed by atoms with van der Waals surface area (Å²) in [5, 5.41) is 12.5. The highest BCUT2D eigenvalue weighted by atomic mass is 19.1. The van der Waals surface area contributed by atoms with Crippen molar-refractivity contribution >= 4 is 5.97 Å². The highest BCUT2D eigenvalue weighted by molar-refractivity contribution is 5.73. The van der Waals surface area contributed by atoms with Crippen LogP contribution in [-0.4, -0.2) is 17.1 Å². The SMILES string of the molecule is CCCCC(NC(C(=O)O)C(C)C)c1ccc(F)cc1. The van der Waals surface area contributed by atoms with E-state index in [4.69, 9.17) is 0 Å². The van der Waals surface area contributed by atoms with Gasteiger partial charge in [-0.15, -0.1) is 0 Å². The minimum Gasteiger partial charge on any atom is -0.480 e. The number of unbranched alkanes of at least 4 members (excludes halogenated alkanes) is 1. The van der Waals surface area contributed by atoms with Crippen LogP contribution in [0.25, 0.3) is 0 Å². The Bertz CT molecular complexity index is 417. The van der Waals surface area contributed by atoms with Gasteiger partial charge >= 0.3 is 5.97 Å². The van der Waals surface area contributed by atoms with Crippen LogP contribution in [0.3, 0.4) is 0 Å². The van der Waals surface area contributed by atoms with Gasteiger partial charge in [-0.1, -0.05) is 45.7 Å². The minimum absolute atomic E-state index is 0.00271. The lowest BCUT2D eigenvalue weighted by molar-refractivity contribution is -0.140. The van der Waals surface area contributed by atoms with Crippen molar-refractivity contribution in [1.29, 1.82) is 0 Å². The number of halogens is 1. The summed E-state index contributed by atoms with van der Waals surface area (Å²) in [7, 11) is 0. The molecule has 0 heterocycles. The second kappa shape index (κ2) is 8.00. The molecule has 0 radical (unpaired) electrons. The van der Waals surface area contributed by atoms with Crippen molar-refractivity contribution in [2.24, 2.45) is 5.92 Å². The Labute approximate surface area is 120 Å². The highest BCUT2D eigenvalue weighted by Crippen LogP contribution is 2.22. The van der Waals surface area contributed by atoms with Gasteiger partial charge in [-0.25, -0.2) is 4.39 Å². The number of benzene rings is 1.